The van der Waals surface area contributed by atoms with Crippen LogP contribution in [-0.4, -0.2) is 27.6 Å². The average molecular weight is 354 g/mol. The normalized spacial score (nSPS) is 15.8. The van der Waals surface area contributed by atoms with E-state index in [0.29, 0.717) is 11.1 Å². The minimum Gasteiger partial charge on any atom is -0.419 e. The lowest BCUT2D eigenvalue weighted by Crippen LogP contribution is -2.41. The Kier molecular flexibility index (Phi) is 4.25. The zero-order valence-electron chi connectivity index (χ0n) is 14.0. The van der Waals surface area contributed by atoms with Gasteiger partial charge in [-0.15, -0.1) is 0 Å². The Labute approximate surface area is 148 Å². The molecule has 0 spiro atoms. The predicted molar refractivity (Wildman–Crippen MR) is 90.6 cm³/mol. The van der Waals surface area contributed by atoms with Crippen LogP contribution in [0.5, 0.6) is 0 Å². The first-order valence-electron chi connectivity index (χ1n) is 7.65. The highest BCUT2D eigenvalue weighted by Gasteiger charge is 2.38. The summed E-state index contributed by atoms with van der Waals surface area (Å²) in [4.78, 5) is 38.6. The van der Waals surface area contributed by atoms with Gasteiger partial charge in [-0.1, -0.05) is 24.3 Å². The Bertz CT molecular complexity index is 909. The predicted octanol–water partition coefficient (Wildman–Crippen LogP) is 2.88. The molecule has 1 aliphatic heterocycles. The van der Waals surface area contributed by atoms with Gasteiger partial charge in [0.25, 0.3) is 11.5 Å². The van der Waals surface area contributed by atoms with Crippen molar-refractivity contribution < 1.29 is 24.0 Å². The van der Waals surface area contributed by atoms with Gasteiger partial charge in [-0.3, -0.25) is 10.1 Å². The molecule has 0 saturated carbocycles. The molecule has 2 aromatic rings. The number of nitro groups is 1. The van der Waals surface area contributed by atoms with Crippen LogP contribution >= 0.6 is 0 Å². The van der Waals surface area contributed by atoms with Gasteiger partial charge in [0.2, 0.25) is 0 Å². The van der Waals surface area contributed by atoms with Crippen LogP contribution in [0.25, 0.3) is 17.3 Å². The van der Waals surface area contributed by atoms with Crippen molar-refractivity contribution in [3.63, 3.8) is 0 Å². The molecule has 1 fully saturated rings. The third-order valence-electron chi connectivity index (χ3n) is 3.60. The molecule has 1 saturated heterocycles. The van der Waals surface area contributed by atoms with Crippen LogP contribution in [0.3, 0.4) is 0 Å². The number of ether oxygens (including phenoxy) is 2. The van der Waals surface area contributed by atoms with E-state index in [-0.39, 0.29) is 17.0 Å². The van der Waals surface area contributed by atoms with Crippen molar-refractivity contribution in [1.82, 2.24) is 4.98 Å². The zero-order valence-corrected chi connectivity index (χ0v) is 14.0. The second-order valence-corrected chi connectivity index (χ2v) is 5.99. The maximum absolute atomic E-state index is 12.0. The van der Waals surface area contributed by atoms with Gasteiger partial charge in [-0.05, 0) is 17.7 Å². The summed E-state index contributed by atoms with van der Waals surface area (Å²) in [6, 6.07) is 9.31. The minimum atomic E-state index is -1.30. The molecule has 8 heteroatoms. The molecule has 0 unspecified atom stereocenters. The van der Waals surface area contributed by atoms with Gasteiger partial charge in [0.05, 0.1) is 4.92 Å². The van der Waals surface area contributed by atoms with Gasteiger partial charge in [0, 0.05) is 31.7 Å². The van der Waals surface area contributed by atoms with Gasteiger partial charge in [0.1, 0.15) is 11.3 Å². The van der Waals surface area contributed by atoms with Gasteiger partial charge < -0.3 is 9.47 Å². The summed E-state index contributed by atoms with van der Waals surface area (Å²) in [6.07, 6.45) is 2.81. The quantitative estimate of drug-likeness (QED) is 0.274. The minimum absolute atomic E-state index is 0.111. The van der Waals surface area contributed by atoms with E-state index in [9.17, 15) is 19.7 Å². The molecule has 2 heterocycles. The van der Waals surface area contributed by atoms with Crippen LogP contribution in [0.2, 0.25) is 0 Å². The summed E-state index contributed by atoms with van der Waals surface area (Å²) in [6.45, 7) is 2.93. The summed E-state index contributed by atoms with van der Waals surface area (Å²) in [5.74, 6) is -2.83. The number of cyclic esters (lactones) is 2. The average Bonchev–Trinajstić information content (AvgIpc) is 2.58. The Morgan fingerprint density at radius 1 is 1.08 bits per heavy atom. The highest BCUT2D eigenvalue weighted by molar-refractivity contribution is 6.18. The van der Waals surface area contributed by atoms with Crippen molar-refractivity contribution >= 4 is 23.7 Å². The van der Waals surface area contributed by atoms with E-state index in [0.717, 1.165) is 0 Å². The van der Waals surface area contributed by atoms with E-state index in [1.165, 1.54) is 38.3 Å². The highest BCUT2D eigenvalue weighted by Crippen LogP contribution is 2.28. The summed E-state index contributed by atoms with van der Waals surface area (Å²) in [5, 5.41) is 11.1. The maximum Gasteiger partial charge on any atom is 0.348 e. The van der Waals surface area contributed by atoms with Crippen molar-refractivity contribution in [2.24, 2.45) is 0 Å². The molecule has 0 bridgehead atoms. The number of rotatable bonds is 3. The van der Waals surface area contributed by atoms with Crippen molar-refractivity contribution in [1.29, 1.82) is 0 Å². The first kappa shape index (κ1) is 17.3. The van der Waals surface area contributed by atoms with Gasteiger partial charge >= 0.3 is 11.9 Å². The molecule has 1 aromatic carbocycles. The van der Waals surface area contributed by atoms with Gasteiger partial charge in [-0.25, -0.2) is 14.6 Å². The fourth-order valence-corrected chi connectivity index (χ4v) is 2.45. The number of benzene rings is 1. The number of hydrogen-bond donors (Lipinski definition) is 0. The maximum atomic E-state index is 12.0. The molecular formula is C18H14N2O6. The molecule has 0 N–H and O–H groups in total. The van der Waals surface area contributed by atoms with E-state index in [4.69, 9.17) is 9.47 Å². The van der Waals surface area contributed by atoms with Gasteiger partial charge in [-0.2, -0.15) is 0 Å². The molecule has 0 amide bonds. The summed E-state index contributed by atoms with van der Waals surface area (Å²) >= 11 is 0. The van der Waals surface area contributed by atoms with Crippen molar-refractivity contribution in [3.8, 4) is 11.3 Å². The van der Waals surface area contributed by atoms with Crippen LogP contribution in [-0.2, 0) is 19.1 Å². The lowest BCUT2D eigenvalue weighted by molar-refractivity contribution is -0.384. The molecule has 0 radical (unpaired) electrons. The molecule has 3 rings (SSSR count). The molecule has 1 aliphatic rings. The second-order valence-electron chi connectivity index (χ2n) is 5.99. The van der Waals surface area contributed by atoms with E-state index < -0.39 is 22.6 Å². The fourth-order valence-electron chi connectivity index (χ4n) is 2.45. The fraction of sp³-hybridized carbons (Fsp3) is 0.167. The summed E-state index contributed by atoms with van der Waals surface area (Å²) < 4.78 is 10.1. The molecule has 26 heavy (non-hydrogen) atoms. The van der Waals surface area contributed by atoms with Crippen LogP contribution < -0.4 is 0 Å². The van der Waals surface area contributed by atoms with Crippen molar-refractivity contribution in [2.45, 2.75) is 19.6 Å². The number of aromatic nitrogens is 1. The largest absolute Gasteiger partial charge is 0.419 e. The molecule has 1 aromatic heterocycles. The Morgan fingerprint density at radius 2 is 1.69 bits per heavy atom. The first-order valence-corrected chi connectivity index (χ1v) is 7.65. The third kappa shape index (κ3) is 3.44. The van der Waals surface area contributed by atoms with Crippen LogP contribution in [0.4, 0.5) is 5.69 Å². The van der Waals surface area contributed by atoms with E-state index in [1.54, 1.807) is 24.3 Å². The SMILES string of the molecule is CC1(C)OC(=O)C(=Cc2ccc(-c3ncccc3[N+](=O)[O-])cc2)C(=O)O1. The van der Waals surface area contributed by atoms with E-state index in [1.807, 2.05) is 0 Å². The third-order valence-corrected chi connectivity index (χ3v) is 3.60. The van der Waals surface area contributed by atoms with Crippen molar-refractivity contribution in [2.75, 3.05) is 0 Å². The van der Waals surface area contributed by atoms with E-state index >= 15 is 0 Å². The number of hydrogen-bond acceptors (Lipinski definition) is 7. The van der Waals surface area contributed by atoms with Crippen LogP contribution in [0, 0.1) is 10.1 Å². The first-order chi connectivity index (χ1) is 12.3. The molecule has 132 valence electrons. The lowest BCUT2D eigenvalue weighted by Gasteiger charge is -2.29. The van der Waals surface area contributed by atoms with Crippen molar-refractivity contribution in [3.05, 3.63) is 63.8 Å². The smallest absolute Gasteiger partial charge is 0.348 e. The van der Waals surface area contributed by atoms with E-state index in [2.05, 4.69) is 4.98 Å². The molecule has 8 nitrogen and oxygen atoms in total. The Hall–Kier alpha value is -3.55. The number of pyridine rings is 1. The number of esters is 2. The summed E-state index contributed by atoms with van der Waals surface area (Å²) in [7, 11) is 0. The number of carbonyl (C=O) groups excluding carboxylic acids is 2. The van der Waals surface area contributed by atoms with Crippen LogP contribution in [0.15, 0.2) is 48.2 Å². The number of carbonyl (C=O) groups is 2. The summed E-state index contributed by atoms with van der Waals surface area (Å²) in [5.41, 5.74) is 0.974. The molecule has 0 atom stereocenters. The zero-order chi connectivity index (χ0) is 18.9. The van der Waals surface area contributed by atoms with Crippen LogP contribution in [0.1, 0.15) is 19.4 Å². The molecule has 0 aliphatic carbocycles. The lowest BCUT2D eigenvalue weighted by atomic mass is 10.0. The van der Waals surface area contributed by atoms with Gasteiger partial charge in [0.15, 0.2) is 0 Å². The Morgan fingerprint density at radius 3 is 2.27 bits per heavy atom. The second kappa shape index (κ2) is 6.40. The monoisotopic (exact) mass is 354 g/mol. The number of nitrogens with zero attached hydrogens (tertiary/aromatic N) is 2. The highest BCUT2D eigenvalue weighted by atomic mass is 16.7. The Balaban J connectivity index is 1.91. The standard InChI is InChI=1S/C18H14N2O6/c1-18(2)25-16(21)13(17(22)26-18)10-11-5-7-12(8-6-11)15-14(20(23)24)4-3-9-19-15/h3-10H,1-2H3. The topological polar surface area (TPSA) is 109 Å². The molecular weight excluding hydrogens is 340 g/mol.